The Balaban J connectivity index is 1.45. The molecule has 1 saturated carbocycles. The molecule has 1 heterocycles. The smallest absolute Gasteiger partial charge is 0.234 e. The van der Waals surface area contributed by atoms with E-state index in [2.05, 4.69) is 20.1 Å². The Hall–Kier alpha value is -2.60. The van der Waals surface area contributed by atoms with E-state index in [-0.39, 0.29) is 5.91 Å². The highest BCUT2D eigenvalue weighted by molar-refractivity contribution is 7.99. The summed E-state index contributed by atoms with van der Waals surface area (Å²) >= 11 is 1.44. The lowest BCUT2D eigenvalue weighted by Crippen LogP contribution is -2.15. The molecule has 0 unspecified atom stereocenters. The topological polar surface area (TPSA) is 59.8 Å². The second-order valence-electron chi connectivity index (χ2n) is 6.38. The van der Waals surface area contributed by atoms with Crippen LogP contribution in [0, 0.1) is 6.92 Å². The number of carbonyl (C=O) groups is 1. The van der Waals surface area contributed by atoms with Crippen molar-refractivity contribution in [3.8, 4) is 11.1 Å². The highest BCUT2D eigenvalue weighted by Crippen LogP contribution is 2.38. The van der Waals surface area contributed by atoms with Gasteiger partial charge >= 0.3 is 0 Å². The monoisotopic (exact) mass is 364 g/mol. The van der Waals surface area contributed by atoms with Gasteiger partial charge in [0, 0.05) is 17.3 Å². The summed E-state index contributed by atoms with van der Waals surface area (Å²) in [7, 11) is 0. The van der Waals surface area contributed by atoms with E-state index in [1.54, 1.807) is 0 Å². The molecule has 0 saturated heterocycles. The largest absolute Gasteiger partial charge is 0.325 e. The van der Waals surface area contributed by atoms with Crippen LogP contribution in [0.4, 0.5) is 5.69 Å². The standard InChI is InChI=1S/C20H20N4OS/c1-14-22-23-20(24(14)16-11-12-16)26-13-19(25)21-18-10-6-5-9-17(18)15-7-3-2-4-8-15/h2-10,16H,11-13H2,1H3,(H,21,25). The molecule has 1 aliphatic carbocycles. The molecule has 4 rings (SSSR count). The Morgan fingerprint density at radius 1 is 1.12 bits per heavy atom. The van der Waals surface area contributed by atoms with Gasteiger partial charge in [-0.2, -0.15) is 0 Å². The second-order valence-corrected chi connectivity index (χ2v) is 7.32. The molecule has 2 aromatic carbocycles. The molecule has 0 spiro atoms. The van der Waals surface area contributed by atoms with E-state index in [0.717, 1.165) is 27.8 Å². The minimum Gasteiger partial charge on any atom is -0.325 e. The van der Waals surface area contributed by atoms with Crippen LogP contribution < -0.4 is 5.32 Å². The normalized spacial score (nSPS) is 13.6. The van der Waals surface area contributed by atoms with Crippen molar-refractivity contribution < 1.29 is 4.79 Å². The third-order valence-corrected chi connectivity index (χ3v) is 5.31. The zero-order valence-corrected chi connectivity index (χ0v) is 15.4. The first-order chi connectivity index (χ1) is 12.7. The zero-order valence-electron chi connectivity index (χ0n) is 14.6. The van der Waals surface area contributed by atoms with Gasteiger partial charge in [-0.25, -0.2) is 0 Å². The molecule has 132 valence electrons. The summed E-state index contributed by atoms with van der Waals surface area (Å²) in [5.74, 6) is 1.19. The van der Waals surface area contributed by atoms with E-state index in [1.807, 2.05) is 61.5 Å². The molecule has 1 fully saturated rings. The maximum Gasteiger partial charge on any atom is 0.234 e. The van der Waals surface area contributed by atoms with Gasteiger partial charge in [0.05, 0.1) is 5.75 Å². The Morgan fingerprint density at radius 3 is 2.62 bits per heavy atom. The quantitative estimate of drug-likeness (QED) is 0.662. The van der Waals surface area contributed by atoms with Gasteiger partial charge in [-0.3, -0.25) is 4.79 Å². The summed E-state index contributed by atoms with van der Waals surface area (Å²) in [6.45, 7) is 1.96. The van der Waals surface area contributed by atoms with Crippen molar-refractivity contribution in [3.05, 3.63) is 60.4 Å². The van der Waals surface area contributed by atoms with E-state index in [4.69, 9.17) is 0 Å². The van der Waals surface area contributed by atoms with Crippen molar-refractivity contribution in [2.75, 3.05) is 11.1 Å². The minimum absolute atomic E-state index is 0.0404. The van der Waals surface area contributed by atoms with Crippen molar-refractivity contribution in [3.63, 3.8) is 0 Å². The molecule has 3 aromatic rings. The number of para-hydroxylation sites is 1. The highest BCUT2D eigenvalue weighted by Gasteiger charge is 2.28. The average Bonchev–Trinajstić information content (AvgIpc) is 3.43. The molecule has 1 aliphatic rings. The maximum atomic E-state index is 12.5. The fraction of sp³-hybridized carbons (Fsp3) is 0.250. The summed E-state index contributed by atoms with van der Waals surface area (Å²) in [5.41, 5.74) is 2.92. The fourth-order valence-corrected chi connectivity index (χ4v) is 3.83. The lowest BCUT2D eigenvalue weighted by atomic mass is 10.0. The number of aromatic nitrogens is 3. The van der Waals surface area contributed by atoms with Crippen LogP contribution in [0.3, 0.4) is 0 Å². The van der Waals surface area contributed by atoms with Crippen LogP contribution in [-0.2, 0) is 4.79 Å². The predicted molar refractivity (Wildman–Crippen MR) is 104 cm³/mol. The number of anilines is 1. The first-order valence-corrected chi connectivity index (χ1v) is 9.69. The van der Waals surface area contributed by atoms with Crippen LogP contribution in [0.1, 0.15) is 24.7 Å². The number of nitrogens with zero attached hydrogens (tertiary/aromatic N) is 3. The number of aryl methyl sites for hydroxylation is 1. The Morgan fingerprint density at radius 2 is 1.85 bits per heavy atom. The van der Waals surface area contributed by atoms with Crippen molar-refractivity contribution in [2.45, 2.75) is 31.0 Å². The summed E-state index contributed by atoms with van der Waals surface area (Å²) < 4.78 is 2.15. The third-order valence-electron chi connectivity index (χ3n) is 4.37. The fourth-order valence-electron chi connectivity index (χ4n) is 2.98. The van der Waals surface area contributed by atoms with Crippen LogP contribution in [0.25, 0.3) is 11.1 Å². The van der Waals surface area contributed by atoms with Crippen molar-refractivity contribution in [1.82, 2.24) is 14.8 Å². The lowest BCUT2D eigenvalue weighted by Gasteiger charge is -2.11. The van der Waals surface area contributed by atoms with Gasteiger partial charge in [0.25, 0.3) is 0 Å². The summed E-state index contributed by atoms with van der Waals surface area (Å²) in [5, 5.41) is 12.2. The van der Waals surface area contributed by atoms with Gasteiger partial charge in [0.15, 0.2) is 5.16 Å². The molecule has 5 nitrogen and oxygen atoms in total. The molecule has 6 heteroatoms. The lowest BCUT2D eigenvalue weighted by molar-refractivity contribution is -0.113. The van der Waals surface area contributed by atoms with Crippen LogP contribution in [0.5, 0.6) is 0 Å². The van der Waals surface area contributed by atoms with Gasteiger partial charge < -0.3 is 9.88 Å². The van der Waals surface area contributed by atoms with Gasteiger partial charge in [0.2, 0.25) is 5.91 Å². The van der Waals surface area contributed by atoms with Gasteiger partial charge in [-0.05, 0) is 31.4 Å². The van der Waals surface area contributed by atoms with Crippen molar-refractivity contribution >= 4 is 23.4 Å². The molecular formula is C20H20N4OS. The van der Waals surface area contributed by atoms with E-state index in [0.29, 0.717) is 11.8 Å². The number of rotatable bonds is 6. The number of hydrogen-bond donors (Lipinski definition) is 1. The van der Waals surface area contributed by atoms with Crippen molar-refractivity contribution in [1.29, 1.82) is 0 Å². The summed E-state index contributed by atoms with van der Waals surface area (Å²) in [6, 6.07) is 18.4. The maximum absolute atomic E-state index is 12.5. The van der Waals surface area contributed by atoms with Gasteiger partial charge in [-0.15, -0.1) is 10.2 Å². The molecule has 0 radical (unpaired) electrons. The molecular weight excluding hydrogens is 344 g/mol. The Kier molecular flexibility index (Phi) is 4.75. The molecule has 0 atom stereocenters. The molecule has 1 amide bonds. The Bertz CT molecular complexity index is 919. The molecule has 1 aromatic heterocycles. The first kappa shape index (κ1) is 16.8. The second kappa shape index (κ2) is 7.33. The number of hydrogen-bond acceptors (Lipinski definition) is 4. The molecule has 26 heavy (non-hydrogen) atoms. The zero-order chi connectivity index (χ0) is 17.9. The summed E-state index contributed by atoms with van der Waals surface area (Å²) in [4.78, 5) is 12.5. The van der Waals surface area contributed by atoms with Gasteiger partial charge in [-0.1, -0.05) is 60.3 Å². The minimum atomic E-state index is -0.0404. The van der Waals surface area contributed by atoms with E-state index < -0.39 is 0 Å². The number of thioether (sulfide) groups is 1. The summed E-state index contributed by atoms with van der Waals surface area (Å²) in [6.07, 6.45) is 2.34. The molecule has 0 aliphatic heterocycles. The van der Waals surface area contributed by atoms with E-state index in [9.17, 15) is 4.79 Å². The van der Waals surface area contributed by atoms with Crippen LogP contribution in [0.2, 0.25) is 0 Å². The molecule has 1 N–H and O–H groups in total. The van der Waals surface area contributed by atoms with Crippen LogP contribution in [0.15, 0.2) is 59.8 Å². The number of nitrogens with one attached hydrogen (secondary N) is 1. The third kappa shape index (κ3) is 3.65. The predicted octanol–water partition coefficient (Wildman–Crippen LogP) is 4.32. The number of amides is 1. The van der Waals surface area contributed by atoms with Gasteiger partial charge in [0.1, 0.15) is 5.82 Å². The number of benzene rings is 2. The van der Waals surface area contributed by atoms with E-state index in [1.165, 1.54) is 24.6 Å². The SMILES string of the molecule is Cc1nnc(SCC(=O)Nc2ccccc2-c2ccccc2)n1C1CC1. The first-order valence-electron chi connectivity index (χ1n) is 8.71. The van der Waals surface area contributed by atoms with E-state index >= 15 is 0 Å². The number of carbonyl (C=O) groups excluding carboxylic acids is 1. The van der Waals surface area contributed by atoms with Crippen LogP contribution in [-0.4, -0.2) is 26.4 Å². The Labute approximate surface area is 156 Å². The van der Waals surface area contributed by atoms with Crippen LogP contribution >= 0.6 is 11.8 Å². The average molecular weight is 364 g/mol. The van der Waals surface area contributed by atoms with Crippen molar-refractivity contribution in [2.24, 2.45) is 0 Å². The highest BCUT2D eigenvalue weighted by atomic mass is 32.2. The molecule has 0 bridgehead atoms.